The molecule has 0 aromatic rings. The molecule has 0 heterocycles. The van der Waals surface area contributed by atoms with Gasteiger partial charge < -0.3 is 4.74 Å². The standard InChI is InChI=1S/C10H18BrCl3O2Si/c1-9(8-11)10(15)16-6-4-2-3-5-7-17(12,13)14/h9H,2-8H2,1H3. The lowest BCUT2D eigenvalue weighted by atomic mass is 10.2. The highest BCUT2D eigenvalue weighted by Crippen LogP contribution is 2.27. The van der Waals surface area contributed by atoms with E-state index < -0.39 is 6.00 Å². The van der Waals surface area contributed by atoms with E-state index in [2.05, 4.69) is 15.9 Å². The van der Waals surface area contributed by atoms with E-state index >= 15 is 0 Å². The predicted octanol–water partition coefficient (Wildman–Crippen LogP) is 4.78. The molecule has 17 heavy (non-hydrogen) atoms. The molecule has 0 saturated carbocycles. The predicted molar refractivity (Wildman–Crippen MR) is 80.5 cm³/mol. The van der Waals surface area contributed by atoms with E-state index in [1.165, 1.54) is 0 Å². The zero-order chi connectivity index (χ0) is 13.3. The van der Waals surface area contributed by atoms with Gasteiger partial charge in [-0.1, -0.05) is 42.1 Å². The molecule has 2 nitrogen and oxygen atoms in total. The number of hydrogen-bond acceptors (Lipinski definition) is 2. The van der Waals surface area contributed by atoms with Crippen LogP contribution < -0.4 is 0 Å². The van der Waals surface area contributed by atoms with Gasteiger partial charge in [0.15, 0.2) is 0 Å². The molecule has 0 fully saturated rings. The maximum atomic E-state index is 11.3. The number of ether oxygens (including phenoxy) is 1. The van der Waals surface area contributed by atoms with E-state index in [0.717, 1.165) is 25.7 Å². The third-order valence-corrected chi connectivity index (χ3v) is 5.83. The van der Waals surface area contributed by atoms with Crippen molar-refractivity contribution in [1.82, 2.24) is 0 Å². The molecule has 0 rings (SSSR count). The van der Waals surface area contributed by atoms with Crippen LogP contribution in [0.25, 0.3) is 0 Å². The molecule has 102 valence electrons. The van der Waals surface area contributed by atoms with Crippen LogP contribution in [0.15, 0.2) is 0 Å². The Morgan fingerprint density at radius 1 is 1.24 bits per heavy atom. The fraction of sp³-hybridized carbons (Fsp3) is 0.900. The molecule has 0 saturated heterocycles. The minimum atomic E-state index is -2.44. The lowest BCUT2D eigenvalue weighted by Crippen LogP contribution is -2.16. The average molecular weight is 385 g/mol. The van der Waals surface area contributed by atoms with Gasteiger partial charge in [-0.25, -0.2) is 0 Å². The van der Waals surface area contributed by atoms with Crippen LogP contribution in [0.2, 0.25) is 6.04 Å². The number of carbonyl (C=O) groups excluding carboxylic acids is 1. The van der Waals surface area contributed by atoms with Crippen LogP contribution in [-0.2, 0) is 9.53 Å². The molecule has 0 radical (unpaired) electrons. The molecule has 0 aliphatic carbocycles. The molecule has 0 amide bonds. The first kappa shape index (κ1) is 18.0. The van der Waals surface area contributed by atoms with Gasteiger partial charge in [-0.3, -0.25) is 4.79 Å². The summed E-state index contributed by atoms with van der Waals surface area (Å²) in [4.78, 5) is 11.3. The SMILES string of the molecule is CC(CBr)C(=O)OCCCCCC[Si](Cl)(Cl)Cl. The summed E-state index contributed by atoms with van der Waals surface area (Å²) in [5.74, 6) is -0.221. The lowest BCUT2D eigenvalue weighted by molar-refractivity contribution is -0.147. The molecule has 0 spiro atoms. The van der Waals surface area contributed by atoms with E-state index in [1.807, 2.05) is 6.92 Å². The van der Waals surface area contributed by atoms with Crippen molar-refractivity contribution in [2.24, 2.45) is 5.92 Å². The monoisotopic (exact) mass is 382 g/mol. The third-order valence-electron chi connectivity index (χ3n) is 2.23. The van der Waals surface area contributed by atoms with Gasteiger partial charge in [0.05, 0.1) is 12.5 Å². The normalized spacial score (nSPS) is 13.5. The molecule has 1 unspecified atom stereocenters. The van der Waals surface area contributed by atoms with Crippen LogP contribution in [0.4, 0.5) is 0 Å². The highest BCUT2D eigenvalue weighted by molar-refractivity contribution is 9.09. The first-order valence-corrected chi connectivity index (χ1v) is 12.0. The Labute approximate surface area is 127 Å². The summed E-state index contributed by atoms with van der Waals surface area (Å²) in [6, 6.07) is -1.73. The van der Waals surface area contributed by atoms with E-state index in [1.54, 1.807) is 0 Å². The van der Waals surface area contributed by atoms with Crippen LogP contribution in [0.3, 0.4) is 0 Å². The molecule has 0 aromatic carbocycles. The van der Waals surface area contributed by atoms with Gasteiger partial charge in [-0.05, 0) is 12.5 Å². The molecule has 0 aliphatic heterocycles. The molecule has 0 bridgehead atoms. The lowest BCUT2D eigenvalue weighted by Gasteiger charge is -2.09. The topological polar surface area (TPSA) is 26.3 Å². The van der Waals surface area contributed by atoms with Gasteiger partial charge in [0, 0.05) is 5.33 Å². The van der Waals surface area contributed by atoms with Crippen molar-refractivity contribution in [3.05, 3.63) is 0 Å². The molecular formula is C10H18BrCl3O2Si. The van der Waals surface area contributed by atoms with Crippen molar-refractivity contribution in [1.29, 1.82) is 0 Å². The Hall–Kier alpha value is 1.04. The maximum absolute atomic E-state index is 11.3. The Bertz CT molecular complexity index is 224. The maximum Gasteiger partial charge on any atom is 0.341 e. The highest BCUT2D eigenvalue weighted by Gasteiger charge is 2.23. The van der Waals surface area contributed by atoms with Gasteiger partial charge in [-0.2, -0.15) is 0 Å². The minimum Gasteiger partial charge on any atom is -0.465 e. The van der Waals surface area contributed by atoms with Gasteiger partial charge >= 0.3 is 12.0 Å². The second-order valence-electron chi connectivity index (χ2n) is 4.00. The molecule has 0 N–H and O–H groups in total. The summed E-state index contributed by atoms with van der Waals surface area (Å²) in [5.41, 5.74) is 0. The molecule has 1 atom stereocenters. The fourth-order valence-corrected chi connectivity index (χ4v) is 3.28. The van der Waals surface area contributed by atoms with E-state index in [4.69, 9.17) is 38.0 Å². The Morgan fingerprint density at radius 2 is 1.82 bits per heavy atom. The quantitative estimate of drug-likeness (QED) is 0.188. The third kappa shape index (κ3) is 11.8. The largest absolute Gasteiger partial charge is 0.465 e. The second-order valence-corrected chi connectivity index (χ2v) is 13.9. The number of unbranched alkanes of at least 4 members (excludes halogenated alkanes) is 3. The van der Waals surface area contributed by atoms with E-state index in [9.17, 15) is 4.79 Å². The second kappa shape index (κ2) is 9.90. The highest BCUT2D eigenvalue weighted by atomic mass is 79.9. The molecule has 0 aromatic heterocycles. The first-order valence-electron chi connectivity index (χ1n) is 5.66. The number of alkyl halides is 1. The zero-order valence-electron chi connectivity index (χ0n) is 9.86. The Balaban J connectivity index is 3.33. The van der Waals surface area contributed by atoms with Crippen LogP contribution >= 0.6 is 49.2 Å². The molecular weight excluding hydrogens is 366 g/mol. The van der Waals surface area contributed by atoms with Crippen molar-refractivity contribution in [3.8, 4) is 0 Å². The zero-order valence-corrected chi connectivity index (χ0v) is 14.7. The van der Waals surface area contributed by atoms with Crippen LogP contribution in [0, 0.1) is 5.92 Å². The van der Waals surface area contributed by atoms with Crippen molar-refractivity contribution in [2.75, 3.05) is 11.9 Å². The smallest absolute Gasteiger partial charge is 0.341 e. The Morgan fingerprint density at radius 3 is 2.35 bits per heavy atom. The van der Waals surface area contributed by atoms with Crippen molar-refractivity contribution < 1.29 is 9.53 Å². The first-order chi connectivity index (χ1) is 7.87. The van der Waals surface area contributed by atoms with Crippen molar-refractivity contribution in [3.63, 3.8) is 0 Å². The van der Waals surface area contributed by atoms with Gasteiger partial charge in [0.2, 0.25) is 0 Å². The summed E-state index contributed by atoms with van der Waals surface area (Å²) in [6.45, 7) is 2.32. The Kier molecular flexibility index (Phi) is 10.5. The average Bonchev–Trinajstić information content (AvgIpc) is 2.24. The fourth-order valence-electron chi connectivity index (χ4n) is 1.16. The van der Waals surface area contributed by atoms with Crippen LogP contribution in [-0.4, -0.2) is 23.9 Å². The van der Waals surface area contributed by atoms with Gasteiger partial charge in [0.25, 0.3) is 0 Å². The van der Waals surface area contributed by atoms with Crippen LogP contribution in [0.5, 0.6) is 0 Å². The van der Waals surface area contributed by atoms with E-state index in [0.29, 0.717) is 18.0 Å². The summed E-state index contributed by atoms with van der Waals surface area (Å²) in [5, 5.41) is 0.639. The van der Waals surface area contributed by atoms with Gasteiger partial charge in [-0.15, -0.1) is 33.2 Å². The number of carbonyl (C=O) groups is 1. The molecule has 0 aliphatic rings. The minimum absolute atomic E-state index is 0.0784. The van der Waals surface area contributed by atoms with Gasteiger partial charge in [0.1, 0.15) is 0 Å². The summed E-state index contributed by atoms with van der Waals surface area (Å²) in [6.07, 6.45) is 3.84. The van der Waals surface area contributed by atoms with E-state index in [-0.39, 0.29) is 11.9 Å². The number of rotatable bonds is 9. The van der Waals surface area contributed by atoms with Crippen LogP contribution in [0.1, 0.15) is 32.6 Å². The summed E-state index contributed by atoms with van der Waals surface area (Å²) in [7, 11) is 0. The van der Waals surface area contributed by atoms with Crippen molar-refractivity contribution >= 4 is 61.1 Å². The number of hydrogen-bond donors (Lipinski definition) is 0. The summed E-state index contributed by atoms with van der Waals surface area (Å²) < 4.78 is 5.10. The number of halogens is 4. The summed E-state index contributed by atoms with van der Waals surface area (Å²) >= 11 is 20.5. The molecule has 7 heteroatoms. The number of esters is 1. The van der Waals surface area contributed by atoms with Crippen molar-refractivity contribution in [2.45, 2.75) is 38.7 Å².